The van der Waals surface area contributed by atoms with Crippen molar-refractivity contribution in [2.24, 2.45) is 5.73 Å². The van der Waals surface area contributed by atoms with Crippen molar-refractivity contribution < 1.29 is 9.21 Å². The number of hydrogen-bond donors (Lipinski definition) is 1. The Morgan fingerprint density at radius 1 is 1.62 bits per heavy atom. The molecule has 0 atom stereocenters. The number of nitrogens with zero attached hydrogens (tertiary/aromatic N) is 1. The first-order chi connectivity index (χ1) is 6.09. The molecule has 1 heterocycles. The van der Waals surface area contributed by atoms with Gasteiger partial charge in [-0.3, -0.25) is 0 Å². The molecule has 4 nitrogen and oxygen atoms in total. The summed E-state index contributed by atoms with van der Waals surface area (Å²) in [6.07, 6.45) is 0.702. The van der Waals surface area contributed by atoms with Crippen molar-refractivity contribution in [3.8, 4) is 0 Å². The van der Waals surface area contributed by atoms with Crippen molar-refractivity contribution in [2.75, 3.05) is 13.6 Å². The van der Waals surface area contributed by atoms with Crippen LogP contribution in [0.1, 0.15) is 11.5 Å². The van der Waals surface area contributed by atoms with Crippen LogP contribution in [0.5, 0.6) is 0 Å². The number of carbonyl (C=O) groups is 1. The molecule has 2 amide bonds. The molecule has 2 N–H and O–H groups in total. The van der Waals surface area contributed by atoms with Crippen LogP contribution in [-0.2, 0) is 6.42 Å². The first kappa shape index (κ1) is 9.64. The molecular weight excluding hydrogens is 168 g/mol. The molecule has 0 saturated carbocycles. The van der Waals surface area contributed by atoms with Gasteiger partial charge in [0.05, 0.1) is 0 Å². The Labute approximate surface area is 77.3 Å². The third-order valence-corrected chi connectivity index (χ3v) is 1.87. The van der Waals surface area contributed by atoms with Gasteiger partial charge in [-0.2, -0.15) is 0 Å². The van der Waals surface area contributed by atoms with Crippen LogP contribution in [0.15, 0.2) is 16.5 Å². The third-order valence-electron chi connectivity index (χ3n) is 1.87. The van der Waals surface area contributed by atoms with Gasteiger partial charge in [0.25, 0.3) is 0 Å². The molecule has 1 aromatic heterocycles. The number of rotatable bonds is 3. The Morgan fingerprint density at radius 3 is 2.77 bits per heavy atom. The fraction of sp³-hybridized carbons (Fsp3) is 0.444. The minimum Gasteiger partial charge on any atom is -0.466 e. The van der Waals surface area contributed by atoms with Gasteiger partial charge in [0.1, 0.15) is 11.5 Å². The standard InChI is InChI=1S/C9H14N2O2/c1-7-3-4-8(13-7)5-6-11(2)9(10)12/h3-4H,5-6H2,1-2H3,(H2,10,12). The molecule has 13 heavy (non-hydrogen) atoms. The van der Waals surface area contributed by atoms with E-state index < -0.39 is 6.03 Å². The Hall–Kier alpha value is -1.45. The van der Waals surface area contributed by atoms with Crippen molar-refractivity contribution >= 4 is 6.03 Å². The second-order valence-corrected chi connectivity index (χ2v) is 3.02. The Morgan fingerprint density at radius 2 is 2.31 bits per heavy atom. The molecule has 0 aromatic carbocycles. The van der Waals surface area contributed by atoms with E-state index in [9.17, 15) is 4.79 Å². The van der Waals surface area contributed by atoms with Gasteiger partial charge in [-0.25, -0.2) is 4.79 Å². The van der Waals surface area contributed by atoms with Crippen LogP contribution in [0.2, 0.25) is 0 Å². The minimum absolute atomic E-state index is 0.414. The first-order valence-corrected chi connectivity index (χ1v) is 4.15. The predicted octanol–water partition coefficient (Wildman–Crippen LogP) is 1.14. The van der Waals surface area contributed by atoms with E-state index in [-0.39, 0.29) is 0 Å². The van der Waals surface area contributed by atoms with Crippen LogP contribution >= 0.6 is 0 Å². The molecule has 0 aliphatic carbocycles. The van der Waals surface area contributed by atoms with Gasteiger partial charge in [-0.05, 0) is 19.1 Å². The van der Waals surface area contributed by atoms with E-state index in [4.69, 9.17) is 10.2 Å². The molecule has 1 aromatic rings. The summed E-state index contributed by atoms with van der Waals surface area (Å²) in [5.74, 6) is 1.77. The maximum atomic E-state index is 10.6. The SMILES string of the molecule is Cc1ccc(CCN(C)C(N)=O)o1. The van der Waals surface area contributed by atoms with Gasteiger partial charge in [-0.1, -0.05) is 0 Å². The fourth-order valence-electron chi connectivity index (χ4n) is 1.01. The van der Waals surface area contributed by atoms with Gasteiger partial charge in [0.15, 0.2) is 0 Å². The molecule has 72 valence electrons. The van der Waals surface area contributed by atoms with Crippen molar-refractivity contribution in [3.05, 3.63) is 23.7 Å². The Balaban J connectivity index is 2.39. The quantitative estimate of drug-likeness (QED) is 0.762. The van der Waals surface area contributed by atoms with Crippen LogP contribution in [0.3, 0.4) is 0 Å². The van der Waals surface area contributed by atoms with Gasteiger partial charge in [0, 0.05) is 20.0 Å². The number of amides is 2. The summed E-state index contributed by atoms with van der Waals surface area (Å²) < 4.78 is 5.33. The lowest BCUT2D eigenvalue weighted by Crippen LogP contribution is -2.33. The van der Waals surface area contributed by atoms with Crippen LogP contribution in [0.4, 0.5) is 4.79 Å². The monoisotopic (exact) mass is 182 g/mol. The molecule has 0 unspecified atom stereocenters. The Bertz CT molecular complexity index is 294. The second kappa shape index (κ2) is 3.98. The molecule has 4 heteroatoms. The van der Waals surface area contributed by atoms with Crippen LogP contribution in [-0.4, -0.2) is 24.5 Å². The fourth-order valence-corrected chi connectivity index (χ4v) is 1.01. The number of furan rings is 1. The maximum absolute atomic E-state index is 10.6. The number of aryl methyl sites for hydroxylation is 1. The summed E-state index contributed by atoms with van der Waals surface area (Å²) >= 11 is 0. The van der Waals surface area contributed by atoms with E-state index in [0.717, 1.165) is 11.5 Å². The van der Waals surface area contributed by atoms with Gasteiger partial charge in [0.2, 0.25) is 0 Å². The third kappa shape index (κ3) is 2.82. The topological polar surface area (TPSA) is 59.5 Å². The van der Waals surface area contributed by atoms with E-state index in [1.54, 1.807) is 7.05 Å². The summed E-state index contributed by atoms with van der Waals surface area (Å²) in [5.41, 5.74) is 5.06. The van der Waals surface area contributed by atoms with Crippen LogP contribution in [0.25, 0.3) is 0 Å². The number of primary amides is 1. The van der Waals surface area contributed by atoms with Crippen molar-refractivity contribution in [2.45, 2.75) is 13.3 Å². The van der Waals surface area contributed by atoms with Crippen molar-refractivity contribution in [1.29, 1.82) is 0 Å². The molecule has 0 aliphatic rings. The highest BCUT2D eigenvalue weighted by atomic mass is 16.3. The zero-order valence-corrected chi connectivity index (χ0v) is 7.91. The van der Waals surface area contributed by atoms with Crippen LogP contribution in [0, 0.1) is 6.92 Å². The Kier molecular flexibility index (Phi) is 2.95. The summed E-state index contributed by atoms with van der Waals surface area (Å²) in [6, 6.07) is 3.40. The molecule has 0 radical (unpaired) electrons. The molecular formula is C9H14N2O2. The molecule has 0 bridgehead atoms. The lowest BCUT2D eigenvalue weighted by atomic mass is 10.3. The van der Waals surface area contributed by atoms with Gasteiger partial charge < -0.3 is 15.1 Å². The number of carbonyl (C=O) groups excluding carboxylic acids is 1. The average Bonchev–Trinajstić information content (AvgIpc) is 2.47. The zero-order chi connectivity index (χ0) is 9.84. The van der Waals surface area contributed by atoms with Crippen molar-refractivity contribution in [3.63, 3.8) is 0 Å². The lowest BCUT2D eigenvalue weighted by molar-refractivity contribution is 0.218. The second-order valence-electron chi connectivity index (χ2n) is 3.02. The van der Waals surface area contributed by atoms with E-state index in [2.05, 4.69) is 0 Å². The highest BCUT2D eigenvalue weighted by Gasteiger charge is 2.04. The zero-order valence-electron chi connectivity index (χ0n) is 7.91. The lowest BCUT2D eigenvalue weighted by Gasteiger charge is -2.12. The van der Waals surface area contributed by atoms with E-state index in [1.165, 1.54) is 4.90 Å². The largest absolute Gasteiger partial charge is 0.466 e. The number of urea groups is 1. The van der Waals surface area contributed by atoms with Crippen LogP contribution < -0.4 is 5.73 Å². The highest BCUT2D eigenvalue weighted by molar-refractivity contribution is 5.71. The summed E-state index contributed by atoms with van der Waals surface area (Å²) in [7, 11) is 1.66. The summed E-state index contributed by atoms with van der Waals surface area (Å²) in [6.45, 7) is 2.48. The normalized spacial score (nSPS) is 10.0. The van der Waals surface area contributed by atoms with E-state index >= 15 is 0 Å². The highest BCUT2D eigenvalue weighted by Crippen LogP contribution is 2.06. The molecule has 0 fully saturated rings. The first-order valence-electron chi connectivity index (χ1n) is 4.15. The smallest absolute Gasteiger partial charge is 0.314 e. The molecule has 0 saturated heterocycles. The number of hydrogen-bond acceptors (Lipinski definition) is 2. The molecule has 0 spiro atoms. The number of likely N-dealkylation sites (N-methyl/N-ethyl adjacent to an activating group) is 1. The summed E-state index contributed by atoms with van der Waals surface area (Å²) in [4.78, 5) is 12.1. The van der Waals surface area contributed by atoms with E-state index in [0.29, 0.717) is 13.0 Å². The predicted molar refractivity (Wildman–Crippen MR) is 49.4 cm³/mol. The summed E-state index contributed by atoms with van der Waals surface area (Å²) in [5, 5.41) is 0. The molecule has 1 rings (SSSR count). The van der Waals surface area contributed by atoms with Crippen molar-refractivity contribution in [1.82, 2.24) is 4.90 Å². The number of nitrogens with two attached hydrogens (primary N) is 1. The molecule has 0 aliphatic heterocycles. The van der Waals surface area contributed by atoms with Gasteiger partial charge >= 0.3 is 6.03 Å². The van der Waals surface area contributed by atoms with E-state index in [1.807, 2.05) is 19.1 Å². The maximum Gasteiger partial charge on any atom is 0.314 e. The minimum atomic E-state index is -0.414. The van der Waals surface area contributed by atoms with Gasteiger partial charge in [-0.15, -0.1) is 0 Å². The average molecular weight is 182 g/mol.